The molecule has 1 N–H and O–H groups in total. The van der Waals surface area contributed by atoms with Gasteiger partial charge in [0.05, 0.1) is 12.7 Å². The molecule has 0 amide bonds. The normalized spacial score (nSPS) is 50.0. The van der Waals surface area contributed by atoms with Crippen LogP contribution in [0.5, 0.6) is 0 Å². The van der Waals surface area contributed by atoms with Crippen molar-refractivity contribution in [2.45, 2.75) is 90.6 Å². The fourth-order valence-electron chi connectivity index (χ4n) is 8.42. The van der Waals surface area contributed by atoms with Crippen LogP contribution in [-0.2, 0) is 19.0 Å². The molecule has 2 aliphatic heterocycles. The van der Waals surface area contributed by atoms with Crippen LogP contribution in [0.2, 0.25) is 0 Å². The number of hydrogen-bond acceptors (Lipinski definition) is 5. The Morgan fingerprint density at radius 1 is 1.17 bits per heavy atom. The van der Waals surface area contributed by atoms with Crippen LogP contribution in [0.25, 0.3) is 0 Å². The van der Waals surface area contributed by atoms with Gasteiger partial charge in [-0.25, -0.2) is 0 Å². The first kappa shape index (κ1) is 20.0. The minimum absolute atomic E-state index is 0.0270. The van der Waals surface area contributed by atoms with E-state index in [2.05, 4.69) is 20.8 Å². The molecule has 1 spiro atoms. The largest absolute Gasteiger partial charge is 0.462 e. The Morgan fingerprint density at radius 2 is 1.93 bits per heavy atom. The van der Waals surface area contributed by atoms with Gasteiger partial charge in [-0.15, -0.1) is 0 Å². The molecule has 6 aliphatic rings. The summed E-state index contributed by atoms with van der Waals surface area (Å²) < 4.78 is 18.2. The summed E-state index contributed by atoms with van der Waals surface area (Å²) in [6.07, 6.45) is 6.23. The van der Waals surface area contributed by atoms with Crippen LogP contribution in [-0.4, -0.2) is 42.8 Å². The summed E-state index contributed by atoms with van der Waals surface area (Å²) >= 11 is 0. The second kappa shape index (κ2) is 6.08. The number of carbonyl (C=O) groups excluding carboxylic acids is 1. The summed E-state index contributed by atoms with van der Waals surface area (Å²) in [5.41, 5.74) is 2.57. The van der Waals surface area contributed by atoms with Gasteiger partial charge in [-0.05, 0) is 55.9 Å². The molecule has 5 nitrogen and oxygen atoms in total. The van der Waals surface area contributed by atoms with Crippen molar-refractivity contribution < 1.29 is 24.1 Å². The third kappa shape index (κ3) is 2.30. The zero-order valence-corrected chi connectivity index (χ0v) is 18.5. The van der Waals surface area contributed by atoms with E-state index in [0.717, 1.165) is 44.9 Å². The average Bonchev–Trinajstić information content (AvgIpc) is 2.99. The molecule has 162 valence electrons. The van der Waals surface area contributed by atoms with Crippen molar-refractivity contribution in [3.63, 3.8) is 0 Å². The number of aliphatic hydroxyl groups excluding tert-OH is 1. The molecule has 4 fully saturated rings. The maximum atomic E-state index is 11.7. The van der Waals surface area contributed by atoms with E-state index in [9.17, 15) is 9.90 Å². The van der Waals surface area contributed by atoms with E-state index in [1.54, 1.807) is 7.11 Å². The molecule has 5 heteroatoms. The van der Waals surface area contributed by atoms with Crippen LogP contribution < -0.4 is 0 Å². The van der Waals surface area contributed by atoms with Crippen LogP contribution in [0.3, 0.4) is 0 Å². The van der Waals surface area contributed by atoms with Crippen molar-refractivity contribution in [2.24, 2.45) is 28.1 Å². The first-order chi connectivity index (χ1) is 13.6. The van der Waals surface area contributed by atoms with Crippen LogP contribution in [0, 0.1) is 28.1 Å². The number of esters is 1. The lowest BCUT2D eigenvalue weighted by Crippen LogP contribution is -2.69. The third-order valence-electron chi connectivity index (χ3n) is 9.93. The SMILES string of the molecule is COC12CCC3(CO1)C1=C(C(O)CC3C2(C)C)C2CCC(OC(C)=O)C2(C)CC1. The minimum atomic E-state index is -0.534. The summed E-state index contributed by atoms with van der Waals surface area (Å²) in [4.78, 5) is 11.7. The van der Waals surface area contributed by atoms with E-state index in [-0.39, 0.29) is 28.3 Å². The Bertz CT molecular complexity index is 759. The van der Waals surface area contributed by atoms with Gasteiger partial charge in [0.1, 0.15) is 6.10 Å². The maximum absolute atomic E-state index is 11.7. The number of methoxy groups -OCH3 is 1. The summed E-state index contributed by atoms with van der Waals surface area (Å²) in [6.45, 7) is 9.03. The van der Waals surface area contributed by atoms with Gasteiger partial charge in [-0.3, -0.25) is 4.79 Å². The second-order valence-electron chi connectivity index (χ2n) is 11.1. The predicted octanol–water partition coefficient (Wildman–Crippen LogP) is 3.98. The Morgan fingerprint density at radius 3 is 2.55 bits per heavy atom. The lowest BCUT2D eigenvalue weighted by Gasteiger charge is -2.69. The number of aliphatic hydroxyl groups is 1. The van der Waals surface area contributed by atoms with Gasteiger partial charge in [-0.1, -0.05) is 26.3 Å². The Labute approximate surface area is 174 Å². The highest BCUT2D eigenvalue weighted by Gasteiger charge is 2.70. The van der Waals surface area contributed by atoms with Gasteiger partial charge in [0.2, 0.25) is 0 Å². The molecule has 2 heterocycles. The zero-order chi connectivity index (χ0) is 20.8. The lowest BCUT2D eigenvalue weighted by molar-refractivity contribution is -0.377. The Kier molecular flexibility index (Phi) is 4.19. The molecule has 4 aliphatic carbocycles. The van der Waals surface area contributed by atoms with Crippen molar-refractivity contribution in [2.75, 3.05) is 13.7 Å². The van der Waals surface area contributed by atoms with Gasteiger partial charge >= 0.3 is 5.97 Å². The summed E-state index contributed by atoms with van der Waals surface area (Å²) in [5.74, 6) is -0.0554. The number of fused-ring (bicyclic) bond motifs is 4. The monoisotopic (exact) mass is 404 g/mol. The van der Waals surface area contributed by atoms with Crippen LogP contribution in [0.15, 0.2) is 11.1 Å². The third-order valence-corrected chi connectivity index (χ3v) is 9.93. The highest BCUT2D eigenvalue weighted by atomic mass is 16.7. The van der Waals surface area contributed by atoms with Gasteiger partial charge in [0.15, 0.2) is 5.79 Å². The van der Waals surface area contributed by atoms with Crippen molar-refractivity contribution >= 4 is 5.97 Å². The number of rotatable bonds is 2. The molecule has 6 rings (SSSR count). The standard InChI is InChI=1S/C24H36O5/c1-14(25)29-19-7-6-15-20-16(8-9-22(15,19)4)23-10-11-24(27-5,28-13-23)21(2,3)18(23)12-17(20)26/h15,17-19,26H,6-13H2,1-5H3. The number of ether oxygens (including phenoxy) is 3. The van der Waals surface area contributed by atoms with Crippen molar-refractivity contribution in [1.29, 1.82) is 0 Å². The van der Waals surface area contributed by atoms with E-state index in [1.807, 2.05) is 0 Å². The Balaban J connectivity index is 1.58. The molecular formula is C24H36O5. The fraction of sp³-hybridized carbons (Fsp3) is 0.875. The average molecular weight is 405 g/mol. The lowest BCUT2D eigenvalue weighted by atomic mass is 9.43. The predicted molar refractivity (Wildman–Crippen MR) is 108 cm³/mol. The van der Waals surface area contributed by atoms with Crippen LogP contribution >= 0.6 is 0 Å². The molecule has 2 bridgehead atoms. The fourth-order valence-corrected chi connectivity index (χ4v) is 8.42. The summed E-state index contributed by atoms with van der Waals surface area (Å²) in [5, 5.41) is 11.4. The molecule has 0 radical (unpaired) electrons. The van der Waals surface area contributed by atoms with Crippen LogP contribution in [0.1, 0.15) is 72.6 Å². The zero-order valence-electron chi connectivity index (χ0n) is 18.5. The number of carbonyl (C=O) groups is 1. The van der Waals surface area contributed by atoms with Crippen molar-refractivity contribution in [3.8, 4) is 0 Å². The molecule has 0 aromatic carbocycles. The topological polar surface area (TPSA) is 65.0 Å². The van der Waals surface area contributed by atoms with E-state index in [4.69, 9.17) is 14.2 Å². The molecule has 7 atom stereocenters. The molecule has 29 heavy (non-hydrogen) atoms. The summed E-state index contributed by atoms with van der Waals surface area (Å²) in [7, 11) is 1.77. The van der Waals surface area contributed by atoms with Gasteiger partial charge in [-0.2, -0.15) is 0 Å². The first-order valence-corrected chi connectivity index (χ1v) is 11.4. The Hall–Kier alpha value is -0.910. The molecule has 2 saturated heterocycles. The van der Waals surface area contributed by atoms with Crippen molar-refractivity contribution in [3.05, 3.63) is 11.1 Å². The van der Waals surface area contributed by atoms with Crippen molar-refractivity contribution in [1.82, 2.24) is 0 Å². The van der Waals surface area contributed by atoms with E-state index in [1.165, 1.54) is 18.1 Å². The molecule has 0 aromatic heterocycles. The number of hydrogen-bond donors (Lipinski definition) is 1. The minimum Gasteiger partial charge on any atom is -0.462 e. The first-order valence-electron chi connectivity index (χ1n) is 11.4. The van der Waals surface area contributed by atoms with Gasteiger partial charge < -0.3 is 19.3 Å². The smallest absolute Gasteiger partial charge is 0.302 e. The van der Waals surface area contributed by atoms with Gasteiger partial charge in [0.25, 0.3) is 0 Å². The van der Waals surface area contributed by atoms with Crippen LogP contribution in [0.4, 0.5) is 0 Å². The van der Waals surface area contributed by atoms with E-state index in [0.29, 0.717) is 18.4 Å². The molecule has 0 aromatic rings. The quantitative estimate of drug-likeness (QED) is 0.557. The van der Waals surface area contributed by atoms with Gasteiger partial charge in [0, 0.05) is 36.7 Å². The highest BCUT2D eigenvalue weighted by Crippen LogP contribution is 2.71. The van der Waals surface area contributed by atoms with E-state index < -0.39 is 11.9 Å². The second-order valence-corrected chi connectivity index (χ2v) is 11.1. The maximum Gasteiger partial charge on any atom is 0.302 e. The molecule has 7 unspecified atom stereocenters. The summed E-state index contributed by atoms with van der Waals surface area (Å²) in [6, 6.07) is 0. The molecular weight excluding hydrogens is 368 g/mol. The molecule has 2 saturated carbocycles. The van der Waals surface area contributed by atoms with E-state index >= 15 is 0 Å². The highest BCUT2D eigenvalue weighted by molar-refractivity contribution is 5.66.